The van der Waals surface area contributed by atoms with Gasteiger partial charge in [0.15, 0.2) is 0 Å². The largest absolute Gasteiger partial charge is 0.488 e. The van der Waals surface area contributed by atoms with E-state index in [4.69, 9.17) is 10.5 Å². The van der Waals surface area contributed by atoms with Gasteiger partial charge in [-0.25, -0.2) is 9.18 Å². The molecule has 5 amide bonds. The van der Waals surface area contributed by atoms with Crippen molar-refractivity contribution in [3.05, 3.63) is 78.1 Å². The van der Waals surface area contributed by atoms with Gasteiger partial charge in [-0.05, 0) is 74.4 Å². The molecule has 0 radical (unpaired) electrons. The van der Waals surface area contributed by atoms with E-state index in [-0.39, 0.29) is 56.2 Å². The highest BCUT2D eigenvalue weighted by molar-refractivity contribution is 5.94. The third-order valence-electron chi connectivity index (χ3n) is 8.64. The predicted molar refractivity (Wildman–Crippen MR) is 191 cm³/mol. The summed E-state index contributed by atoms with van der Waals surface area (Å²) in [6.07, 6.45) is 1.92. The zero-order chi connectivity index (χ0) is 36.2. The normalized spacial score (nSPS) is 16.5. The summed E-state index contributed by atoms with van der Waals surface area (Å²) in [7, 11) is 1.62. The Labute approximate surface area is 292 Å². The molecular weight excluding hydrogens is 643 g/mol. The van der Waals surface area contributed by atoms with Crippen molar-refractivity contribution in [3.63, 3.8) is 0 Å². The lowest BCUT2D eigenvalue weighted by atomic mass is 10.0. The van der Waals surface area contributed by atoms with Crippen LogP contribution >= 0.6 is 0 Å². The predicted octanol–water partition coefficient (Wildman–Crippen LogP) is 5.25. The van der Waals surface area contributed by atoms with Gasteiger partial charge in [0.2, 0.25) is 17.7 Å². The van der Waals surface area contributed by atoms with Crippen LogP contribution in [0.2, 0.25) is 0 Å². The zero-order valence-corrected chi connectivity index (χ0v) is 28.8. The van der Waals surface area contributed by atoms with Gasteiger partial charge in [0.05, 0.1) is 37.0 Å². The summed E-state index contributed by atoms with van der Waals surface area (Å²) < 4.78 is 19.8. The number of unbranched alkanes of at least 4 members (excludes halogenated alkanes) is 2. The second-order valence-electron chi connectivity index (χ2n) is 12.8. The maximum atomic E-state index is 13.5. The first kappa shape index (κ1) is 37.6. The number of hydrogen-bond acceptors (Lipinski definition) is 7. The minimum atomic E-state index is -0.537. The molecule has 0 bridgehead atoms. The van der Waals surface area contributed by atoms with Crippen LogP contribution in [0.1, 0.15) is 51.5 Å². The van der Waals surface area contributed by atoms with E-state index in [1.807, 2.05) is 6.92 Å². The molecule has 1 aliphatic heterocycles. The van der Waals surface area contributed by atoms with Gasteiger partial charge in [-0.2, -0.15) is 0 Å². The molecule has 3 aromatic rings. The highest BCUT2D eigenvalue weighted by Gasteiger charge is 2.32. The third kappa shape index (κ3) is 10.9. The zero-order valence-electron chi connectivity index (χ0n) is 28.8. The number of ether oxygens (including phenoxy) is 1. The Morgan fingerprint density at radius 2 is 1.64 bits per heavy atom. The number of rotatable bonds is 13. The number of aliphatic hydroxyl groups excluding tert-OH is 1. The quantitative estimate of drug-likeness (QED) is 0.121. The van der Waals surface area contributed by atoms with Crippen LogP contribution in [0.4, 0.5) is 31.9 Å². The molecule has 3 aromatic carbocycles. The summed E-state index contributed by atoms with van der Waals surface area (Å²) >= 11 is 0. The summed E-state index contributed by atoms with van der Waals surface area (Å²) in [6, 6.07) is 16.8. The Balaban J connectivity index is 1.37. The van der Waals surface area contributed by atoms with E-state index in [9.17, 15) is 28.7 Å². The van der Waals surface area contributed by atoms with Crippen LogP contribution in [0.25, 0.3) is 0 Å². The Morgan fingerprint density at radius 3 is 2.32 bits per heavy atom. The van der Waals surface area contributed by atoms with E-state index >= 15 is 0 Å². The molecule has 0 aliphatic carbocycles. The molecule has 1 aliphatic rings. The summed E-state index contributed by atoms with van der Waals surface area (Å²) in [4.78, 5) is 54.7. The van der Waals surface area contributed by atoms with Crippen LogP contribution in [0, 0.1) is 11.7 Å². The maximum absolute atomic E-state index is 13.5. The standard InChI is InChI=1S/C37H47FN6O6/c1-24-21-44(25(2)23-45)36(48)20-26-19-29(40-34(46)11-5-4-6-12-35(47)42-31-10-8-7-9-30(31)39)17-18-32(26)50-33(24)22-43(3)37(49)41-28-15-13-27(38)14-16-28/h7-10,13-19,24-25,33,45H,4-6,11-12,20-23,39H2,1-3H3,(H,40,46)(H,41,49)(H,42,47)/t24-,25-,33+/m1/s1. The van der Waals surface area contributed by atoms with Crippen LogP contribution in [0.5, 0.6) is 5.75 Å². The molecule has 0 unspecified atom stereocenters. The number of carbonyl (C=O) groups excluding carboxylic acids is 4. The number of nitrogens with one attached hydrogen (secondary N) is 3. The fourth-order valence-electron chi connectivity index (χ4n) is 5.63. The summed E-state index contributed by atoms with van der Waals surface area (Å²) in [5.41, 5.74) is 8.47. The summed E-state index contributed by atoms with van der Waals surface area (Å²) in [5, 5.41) is 18.4. The van der Waals surface area contributed by atoms with Crippen LogP contribution in [0.15, 0.2) is 66.7 Å². The average molecular weight is 691 g/mol. The number of hydrogen-bond donors (Lipinski definition) is 5. The van der Waals surface area contributed by atoms with Crippen LogP contribution < -0.4 is 26.4 Å². The molecule has 0 saturated heterocycles. The molecule has 3 atom stereocenters. The minimum absolute atomic E-state index is 0.0135. The first-order chi connectivity index (χ1) is 23.9. The van der Waals surface area contributed by atoms with Crippen molar-refractivity contribution >= 4 is 46.5 Å². The van der Waals surface area contributed by atoms with Gasteiger partial charge in [-0.15, -0.1) is 0 Å². The molecular formula is C37H47FN6O6. The van der Waals surface area contributed by atoms with Crippen molar-refractivity contribution in [1.29, 1.82) is 0 Å². The Hall–Kier alpha value is -5.17. The molecule has 1 heterocycles. The molecule has 0 spiro atoms. The van der Waals surface area contributed by atoms with Gasteiger partial charge in [0.25, 0.3) is 0 Å². The average Bonchev–Trinajstić information content (AvgIpc) is 3.13. The second-order valence-corrected chi connectivity index (χ2v) is 12.8. The number of benzene rings is 3. The lowest BCUT2D eigenvalue weighted by Crippen LogP contribution is -2.48. The number of carbonyl (C=O) groups is 4. The van der Waals surface area contributed by atoms with Crippen molar-refractivity contribution in [2.45, 2.75) is 64.5 Å². The van der Waals surface area contributed by atoms with Gasteiger partial charge in [-0.1, -0.05) is 25.5 Å². The smallest absolute Gasteiger partial charge is 0.321 e. The van der Waals surface area contributed by atoms with E-state index < -0.39 is 24.0 Å². The molecule has 268 valence electrons. The first-order valence-electron chi connectivity index (χ1n) is 16.8. The van der Waals surface area contributed by atoms with Crippen molar-refractivity contribution in [1.82, 2.24) is 9.80 Å². The highest BCUT2D eigenvalue weighted by atomic mass is 19.1. The number of urea groups is 1. The van der Waals surface area contributed by atoms with E-state index in [1.165, 1.54) is 29.2 Å². The number of halogens is 1. The number of anilines is 4. The monoisotopic (exact) mass is 690 g/mol. The molecule has 6 N–H and O–H groups in total. The van der Waals surface area contributed by atoms with Crippen molar-refractivity contribution < 1.29 is 33.4 Å². The van der Waals surface area contributed by atoms with Gasteiger partial charge in [0.1, 0.15) is 17.7 Å². The summed E-state index contributed by atoms with van der Waals surface area (Å²) in [5.74, 6) is -0.724. The molecule has 13 heteroatoms. The Kier molecular flexibility index (Phi) is 13.6. The summed E-state index contributed by atoms with van der Waals surface area (Å²) in [6.45, 7) is 3.93. The number of nitrogens with zero attached hydrogens (tertiary/aromatic N) is 2. The number of aliphatic hydroxyl groups is 1. The molecule has 4 rings (SSSR count). The van der Waals surface area contributed by atoms with Crippen LogP contribution in [0.3, 0.4) is 0 Å². The SMILES string of the molecule is C[C@@H]1CN([C@H](C)CO)C(=O)Cc2cc(NC(=O)CCCCCC(=O)Nc3ccccc3N)ccc2O[C@H]1CN(C)C(=O)Nc1ccc(F)cc1. The van der Waals surface area contributed by atoms with Gasteiger partial charge < -0.3 is 41.3 Å². The van der Waals surface area contributed by atoms with Crippen LogP contribution in [-0.2, 0) is 20.8 Å². The molecule has 0 saturated carbocycles. The lowest BCUT2D eigenvalue weighted by Gasteiger charge is -2.34. The van der Waals surface area contributed by atoms with Gasteiger partial charge >= 0.3 is 6.03 Å². The number of nitrogens with two attached hydrogens (primary N) is 1. The number of nitrogen functional groups attached to an aromatic ring is 1. The number of likely N-dealkylation sites (N-methyl/N-ethyl adjacent to an activating group) is 1. The van der Waals surface area contributed by atoms with Crippen molar-refractivity contribution in [2.24, 2.45) is 5.92 Å². The maximum Gasteiger partial charge on any atom is 0.321 e. The number of amides is 5. The molecule has 50 heavy (non-hydrogen) atoms. The van der Waals surface area contributed by atoms with Crippen molar-refractivity contribution in [3.8, 4) is 5.75 Å². The molecule has 12 nitrogen and oxygen atoms in total. The van der Waals surface area contributed by atoms with Gasteiger partial charge in [-0.3, -0.25) is 14.4 Å². The molecule has 0 aromatic heterocycles. The van der Waals surface area contributed by atoms with Crippen LogP contribution in [-0.4, -0.2) is 77.5 Å². The first-order valence-corrected chi connectivity index (χ1v) is 16.8. The topological polar surface area (TPSA) is 166 Å². The lowest BCUT2D eigenvalue weighted by molar-refractivity contribution is -0.134. The fourth-order valence-corrected chi connectivity index (χ4v) is 5.63. The van der Waals surface area contributed by atoms with E-state index in [1.54, 1.807) is 61.3 Å². The fraction of sp³-hybridized carbons (Fsp3) is 0.405. The van der Waals surface area contributed by atoms with E-state index in [0.717, 1.165) is 0 Å². The third-order valence-corrected chi connectivity index (χ3v) is 8.64. The van der Waals surface area contributed by atoms with Crippen molar-refractivity contribution in [2.75, 3.05) is 48.4 Å². The van der Waals surface area contributed by atoms with Gasteiger partial charge in [0, 0.05) is 49.3 Å². The van der Waals surface area contributed by atoms with E-state index in [2.05, 4.69) is 16.0 Å². The number of fused-ring (bicyclic) bond motifs is 1. The Bertz CT molecular complexity index is 1640. The minimum Gasteiger partial charge on any atom is -0.488 e. The number of para-hydroxylation sites is 2. The Morgan fingerprint density at radius 1 is 0.980 bits per heavy atom. The second kappa shape index (κ2) is 18.0. The molecule has 0 fully saturated rings. The van der Waals surface area contributed by atoms with E-state index in [0.29, 0.717) is 59.7 Å². The highest BCUT2D eigenvalue weighted by Crippen LogP contribution is 2.29.